The maximum atomic E-state index is 3.83. The first-order chi connectivity index (χ1) is 6.18. The monoisotopic (exact) mass is 322 g/mol. The molecule has 2 rings (SSSR count). The van der Waals surface area contributed by atoms with Crippen LogP contribution in [0.2, 0.25) is 0 Å². The SMILES string of the molecule is CCC1(C(Br)c2ccc(Br)s2)CC1. The van der Waals surface area contributed by atoms with Gasteiger partial charge in [-0.1, -0.05) is 22.9 Å². The van der Waals surface area contributed by atoms with Gasteiger partial charge in [-0.05, 0) is 52.7 Å². The van der Waals surface area contributed by atoms with Gasteiger partial charge in [0, 0.05) is 4.88 Å². The van der Waals surface area contributed by atoms with Gasteiger partial charge >= 0.3 is 0 Å². The fraction of sp³-hybridized carbons (Fsp3) is 0.600. The Balaban J connectivity index is 2.17. The van der Waals surface area contributed by atoms with Gasteiger partial charge in [0.05, 0.1) is 8.61 Å². The zero-order chi connectivity index (χ0) is 9.47. The Morgan fingerprint density at radius 2 is 2.23 bits per heavy atom. The molecule has 1 saturated carbocycles. The van der Waals surface area contributed by atoms with E-state index in [1.807, 2.05) is 11.3 Å². The molecule has 0 nitrogen and oxygen atoms in total. The van der Waals surface area contributed by atoms with Crippen LogP contribution in [0.5, 0.6) is 0 Å². The van der Waals surface area contributed by atoms with Crippen LogP contribution < -0.4 is 0 Å². The van der Waals surface area contributed by atoms with Gasteiger partial charge in [-0.2, -0.15) is 0 Å². The van der Waals surface area contributed by atoms with Crippen molar-refractivity contribution < 1.29 is 0 Å². The highest BCUT2D eigenvalue weighted by Gasteiger charge is 2.47. The van der Waals surface area contributed by atoms with Gasteiger partial charge in [-0.25, -0.2) is 0 Å². The second-order valence-electron chi connectivity index (χ2n) is 3.72. The maximum Gasteiger partial charge on any atom is 0.0701 e. The van der Waals surface area contributed by atoms with Gasteiger partial charge in [0.25, 0.3) is 0 Å². The molecule has 1 aromatic rings. The average molecular weight is 324 g/mol. The third kappa shape index (κ3) is 1.88. The van der Waals surface area contributed by atoms with Crippen molar-refractivity contribution in [3.05, 3.63) is 20.8 Å². The predicted octanol–water partition coefficient (Wildman–Crippen LogP) is 5.14. The second-order valence-corrected chi connectivity index (χ2v) is 7.13. The summed E-state index contributed by atoms with van der Waals surface area (Å²) in [4.78, 5) is 2.03. The van der Waals surface area contributed by atoms with E-state index in [9.17, 15) is 0 Å². The molecule has 0 amide bonds. The van der Waals surface area contributed by atoms with Gasteiger partial charge in [-0.15, -0.1) is 11.3 Å². The molecule has 1 aliphatic rings. The summed E-state index contributed by atoms with van der Waals surface area (Å²) in [7, 11) is 0. The molecule has 1 unspecified atom stereocenters. The van der Waals surface area contributed by atoms with Crippen molar-refractivity contribution in [3.63, 3.8) is 0 Å². The van der Waals surface area contributed by atoms with Crippen molar-refractivity contribution >= 4 is 43.2 Å². The third-order valence-electron chi connectivity index (χ3n) is 2.98. The van der Waals surface area contributed by atoms with Gasteiger partial charge in [0.2, 0.25) is 0 Å². The summed E-state index contributed by atoms with van der Waals surface area (Å²) in [6.07, 6.45) is 4.06. The topological polar surface area (TPSA) is 0 Å². The zero-order valence-corrected chi connectivity index (χ0v) is 11.5. The van der Waals surface area contributed by atoms with Crippen LogP contribution in [0, 0.1) is 5.41 Å². The van der Waals surface area contributed by atoms with Crippen molar-refractivity contribution in [1.29, 1.82) is 0 Å². The van der Waals surface area contributed by atoms with Crippen molar-refractivity contribution in [2.75, 3.05) is 0 Å². The van der Waals surface area contributed by atoms with E-state index in [0.29, 0.717) is 10.2 Å². The number of hydrogen-bond acceptors (Lipinski definition) is 1. The van der Waals surface area contributed by atoms with Crippen molar-refractivity contribution in [2.24, 2.45) is 5.41 Å². The molecule has 1 heterocycles. The Morgan fingerprint density at radius 1 is 1.54 bits per heavy atom. The molecule has 72 valence electrons. The van der Waals surface area contributed by atoms with Crippen LogP contribution in [-0.2, 0) is 0 Å². The van der Waals surface area contributed by atoms with Crippen molar-refractivity contribution in [1.82, 2.24) is 0 Å². The second kappa shape index (κ2) is 3.67. The molecule has 1 fully saturated rings. The largest absolute Gasteiger partial charge is 0.132 e. The Hall–Kier alpha value is 0.660. The highest BCUT2D eigenvalue weighted by Crippen LogP contribution is 2.61. The summed E-state index contributed by atoms with van der Waals surface area (Å²) < 4.78 is 1.24. The Bertz CT molecular complexity index is 302. The van der Waals surface area contributed by atoms with E-state index in [4.69, 9.17) is 0 Å². The number of hydrogen-bond donors (Lipinski definition) is 0. The summed E-state index contributed by atoms with van der Waals surface area (Å²) >= 11 is 9.19. The minimum absolute atomic E-state index is 0.571. The zero-order valence-electron chi connectivity index (χ0n) is 7.52. The van der Waals surface area contributed by atoms with Crippen LogP contribution >= 0.6 is 43.2 Å². The Labute approximate surface area is 100.0 Å². The van der Waals surface area contributed by atoms with Crippen LogP contribution in [0.15, 0.2) is 15.9 Å². The number of rotatable bonds is 3. The van der Waals surface area contributed by atoms with E-state index in [2.05, 4.69) is 50.9 Å². The molecule has 0 N–H and O–H groups in total. The summed E-state index contributed by atoms with van der Waals surface area (Å²) in [6, 6.07) is 4.36. The molecule has 0 spiro atoms. The third-order valence-corrected chi connectivity index (χ3v) is 6.43. The molecule has 3 heteroatoms. The van der Waals surface area contributed by atoms with E-state index < -0.39 is 0 Å². The smallest absolute Gasteiger partial charge is 0.0701 e. The lowest BCUT2D eigenvalue weighted by molar-refractivity contribution is 0.488. The quantitative estimate of drug-likeness (QED) is 0.676. The molecule has 13 heavy (non-hydrogen) atoms. The Kier molecular flexibility index (Phi) is 2.87. The van der Waals surface area contributed by atoms with Crippen LogP contribution in [0.25, 0.3) is 0 Å². The lowest BCUT2D eigenvalue weighted by atomic mass is 9.98. The van der Waals surface area contributed by atoms with Gasteiger partial charge in [0.15, 0.2) is 0 Å². The molecule has 0 aromatic carbocycles. The van der Waals surface area contributed by atoms with E-state index in [0.717, 1.165) is 0 Å². The fourth-order valence-corrected chi connectivity index (χ4v) is 4.47. The molecule has 0 aliphatic heterocycles. The van der Waals surface area contributed by atoms with E-state index >= 15 is 0 Å². The van der Waals surface area contributed by atoms with Crippen molar-refractivity contribution in [2.45, 2.75) is 31.0 Å². The highest BCUT2D eigenvalue weighted by atomic mass is 79.9. The molecule has 0 radical (unpaired) electrons. The van der Waals surface area contributed by atoms with Crippen molar-refractivity contribution in [3.8, 4) is 0 Å². The minimum Gasteiger partial charge on any atom is -0.132 e. The first-order valence-electron chi connectivity index (χ1n) is 4.57. The van der Waals surface area contributed by atoms with Crippen LogP contribution in [0.1, 0.15) is 35.9 Å². The van der Waals surface area contributed by atoms with Gasteiger partial charge in [0.1, 0.15) is 0 Å². The molecule has 0 bridgehead atoms. The molecule has 1 aliphatic carbocycles. The summed E-state index contributed by atoms with van der Waals surface area (Å²) in [5.41, 5.74) is 0.574. The summed E-state index contributed by atoms with van der Waals surface area (Å²) in [5.74, 6) is 0. The summed E-state index contributed by atoms with van der Waals surface area (Å²) in [5, 5.41) is 0. The first-order valence-corrected chi connectivity index (χ1v) is 7.10. The Morgan fingerprint density at radius 3 is 2.62 bits per heavy atom. The number of halogens is 2. The van der Waals surface area contributed by atoms with Crippen LogP contribution in [0.4, 0.5) is 0 Å². The molecule has 1 atom stereocenters. The molecule has 0 saturated heterocycles. The standard InChI is InChI=1S/C10H12Br2S/c1-2-10(5-6-10)9(12)7-3-4-8(11)13-7/h3-4,9H,2,5-6H2,1H3. The minimum atomic E-state index is 0.571. The molecule has 1 aromatic heterocycles. The fourth-order valence-electron chi connectivity index (χ4n) is 1.71. The lowest BCUT2D eigenvalue weighted by Crippen LogP contribution is -2.05. The molecular weight excluding hydrogens is 312 g/mol. The molecular formula is C10H12Br2S. The van der Waals surface area contributed by atoms with Crippen LogP contribution in [-0.4, -0.2) is 0 Å². The van der Waals surface area contributed by atoms with Crippen LogP contribution in [0.3, 0.4) is 0 Å². The highest BCUT2D eigenvalue weighted by molar-refractivity contribution is 9.11. The lowest BCUT2D eigenvalue weighted by Gasteiger charge is -2.18. The predicted molar refractivity (Wildman–Crippen MR) is 65.6 cm³/mol. The van der Waals surface area contributed by atoms with E-state index in [-0.39, 0.29) is 0 Å². The van der Waals surface area contributed by atoms with E-state index in [1.165, 1.54) is 27.9 Å². The average Bonchev–Trinajstić information content (AvgIpc) is 2.82. The van der Waals surface area contributed by atoms with E-state index in [1.54, 1.807) is 0 Å². The first kappa shape index (κ1) is 10.2. The normalized spacial score (nSPS) is 21.5. The number of thiophene rings is 1. The van der Waals surface area contributed by atoms with Gasteiger partial charge in [-0.3, -0.25) is 0 Å². The van der Waals surface area contributed by atoms with Gasteiger partial charge < -0.3 is 0 Å². The summed E-state index contributed by atoms with van der Waals surface area (Å²) in [6.45, 7) is 2.30. The number of alkyl halides is 1. The maximum absolute atomic E-state index is 3.83.